The zero-order valence-corrected chi connectivity index (χ0v) is 13.1. The number of nitrogens with zero attached hydrogens (tertiary/aromatic N) is 4. The summed E-state index contributed by atoms with van der Waals surface area (Å²) in [5.74, 6) is 2.65. The van der Waals surface area contributed by atoms with E-state index >= 15 is 0 Å². The summed E-state index contributed by atoms with van der Waals surface area (Å²) in [6.07, 6.45) is 0.699. The second-order valence-corrected chi connectivity index (χ2v) is 5.71. The molecule has 1 aromatic carbocycles. The molecule has 104 valence electrons. The number of hydrogen-bond donors (Lipinski definition) is 0. The van der Waals surface area contributed by atoms with Gasteiger partial charge in [-0.3, -0.25) is 0 Å². The largest absolute Gasteiger partial charge is 0.340 e. The average Bonchev–Trinajstić information content (AvgIpc) is 2.95. The zero-order chi connectivity index (χ0) is 14.1. The molecule has 0 saturated heterocycles. The number of aryl methyl sites for hydroxylation is 2. The third-order valence-electron chi connectivity index (χ3n) is 2.98. The highest BCUT2D eigenvalue weighted by molar-refractivity contribution is 9.10. The maximum Gasteiger partial charge on any atom is 0.223 e. The fraction of sp³-hybridized carbons (Fsp3) is 0.308. The smallest absolute Gasteiger partial charge is 0.223 e. The van der Waals surface area contributed by atoms with E-state index in [0.717, 1.165) is 21.3 Å². The van der Waals surface area contributed by atoms with Gasteiger partial charge in [0.1, 0.15) is 5.82 Å². The first-order valence-corrected chi connectivity index (χ1v) is 7.50. The third-order valence-corrected chi connectivity index (χ3v) is 3.66. The molecule has 0 bridgehead atoms. The molecule has 20 heavy (non-hydrogen) atoms. The van der Waals surface area contributed by atoms with Gasteiger partial charge in [0.15, 0.2) is 5.82 Å². The van der Waals surface area contributed by atoms with E-state index in [2.05, 4.69) is 35.6 Å². The van der Waals surface area contributed by atoms with Crippen molar-refractivity contribution in [2.45, 2.75) is 19.9 Å². The van der Waals surface area contributed by atoms with Crippen molar-refractivity contribution in [3.8, 4) is 0 Å². The topological polar surface area (TPSA) is 56.7 Å². The van der Waals surface area contributed by atoms with Gasteiger partial charge in [0.25, 0.3) is 0 Å². The van der Waals surface area contributed by atoms with Crippen LogP contribution in [-0.2, 0) is 13.0 Å². The van der Waals surface area contributed by atoms with Crippen molar-refractivity contribution >= 4 is 38.6 Å². The van der Waals surface area contributed by atoms with Crippen molar-refractivity contribution in [2.75, 3.05) is 5.88 Å². The molecule has 0 N–H and O–H groups in total. The van der Waals surface area contributed by atoms with Crippen LogP contribution in [0.25, 0.3) is 11.0 Å². The normalized spacial score (nSPS) is 11.3. The fourth-order valence-corrected chi connectivity index (χ4v) is 2.67. The maximum absolute atomic E-state index is 5.86. The highest BCUT2D eigenvalue weighted by Crippen LogP contribution is 2.22. The first-order chi connectivity index (χ1) is 9.67. The molecule has 0 radical (unpaired) electrons. The summed E-state index contributed by atoms with van der Waals surface area (Å²) < 4.78 is 8.10. The van der Waals surface area contributed by atoms with Crippen molar-refractivity contribution in [3.63, 3.8) is 0 Å². The minimum Gasteiger partial charge on any atom is -0.340 e. The number of halogens is 2. The van der Waals surface area contributed by atoms with Gasteiger partial charge in [0.2, 0.25) is 5.89 Å². The second-order valence-electron chi connectivity index (χ2n) is 4.42. The molecule has 0 fully saturated rings. The average molecular weight is 356 g/mol. The second kappa shape index (κ2) is 5.54. The number of alkyl halides is 1. The summed E-state index contributed by atoms with van der Waals surface area (Å²) in [4.78, 5) is 8.87. The van der Waals surface area contributed by atoms with Gasteiger partial charge in [-0.05, 0) is 18.2 Å². The van der Waals surface area contributed by atoms with Crippen LogP contribution in [0.1, 0.15) is 17.5 Å². The number of rotatable bonds is 4. The molecule has 0 aliphatic heterocycles. The van der Waals surface area contributed by atoms with Crippen molar-refractivity contribution in [1.82, 2.24) is 19.7 Å². The molecule has 0 aliphatic carbocycles. The van der Waals surface area contributed by atoms with E-state index < -0.39 is 0 Å². The van der Waals surface area contributed by atoms with Gasteiger partial charge >= 0.3 is 0 Å². The number of hydrogen-bond acceptors (Lipinski definition) is 4. The van der Waals surface area contributed by atoms with Crippen LogP contribution in [0.5, 0.6) is 0 Å². The Labute approximate surface area is 129 Å². The molecule has 7 heteroatoms. The van der Waals surface area contributed by atoms with E-state index in [1.807, 2.05) is 18.2 Å². The van der Waals surface area contributed by atoms with Crippen LogP contribution in [-0.4, -0.2) is 25.6 Å². The van der Waals surface area contributed by atoms with Crippen LogP contribution in [0.2, 0.25) is 0 Å². The summed E-state index contributed by atoms with van der Waals surface area (Å²) >= 11 is 9.32. The number of fused-ring (bicyclic) bond motifs is 1. The Bertz CT molecular complexity index is 752. The van der Waals surface area contributed by atoms with Gasteiger partial charge in [-0.25, -0.2) is 4.98 Å². The third kappa shape index (κ3) is 2.58. The number of imidazole rings is 1. The van der Waals surface area contributed by atoms with E-state index in [9.17, 15) is 0 Å². The Morgan fingerprint density at radius 3 is 2.90 bits per heavy atom. The Morgan fingerprint density at radius 1 is 1.35 bits per heavy atom. The quantitative estimate of drug-likeness (QED) is 0.674. The molecule has 5 nitrogen and oxygen atoms in total. The lowest BCUT2D eigenvalue weighted by Gasteiger charge is -2.05. The Hall–Kier alpha value is -1.40. The van der Waals surface area contributed by atoms with Crippen LogP contribution >= 0.6 is 27.5 Å². The van der Waals surface area contributed by atoms with Gasteiger partial charge in [0.05, 0.1) is 17.6 Å². The first kappa shape index (κ1) is 13.6. The first-order valence-electron chi connectivity index (χ1n) is 6.17. The molecule has 0 spiro atoms. The Morgan fingerprint density at radius 2 is 2.20 bits per heavy atom. The molecule has 0 amide bonds. The molecule has 0 aliphatic rings. The highest BCUT2D eigenvalue weighted by atomic mass is 79.9. The van der Waals surface area contributed by atoms with Gasteiger partial charge in [0, 0.05) is 23.7 Å². The molecule has 0 saturated carbocycles. The van der Waals surface area contributed by atoms with Crippen molar-refractivity contribution in [3.05, 3.63) is 40.2 Å². The van der Waals surface area contributed by atoms with Crippen LogP contribution in [0.15, 0.2) is 27.2 Å². The van der Waals surface area contributed by atoms with Gasteiger partial charge in [-0.1, -0.05) is 21.1 Å². The fourth-order valence-electron chi connectivity index (χ4n) is 2.15. The van der Waals surface area contributed by atoms with Crippen LogP contribution < -0.4 is 0 Å². The SMILES string of the molecule is Cc1nc(Cn2c(CCCl)nc3cc(Br)ccc32)no1. The number of aromatic nitrogens is 4. The van der Waals surface area contributed by atoms with Crippen LogP contribution in [0, 0.1) is 6.92 Å². The molecular formula is C13H12BrClN4O. The molecule has 0 unspecified atom stereocenters. The predicted octanol–water partition coefficient (Wildman–Crippen LogP) is 3.32. The molecular weight excluding hydrogens is 344 g/mol. The molecule has 2 heterocycles. The van der Waals surface area contributed by atoms with Crippen LogP contribution in [0.4, 0.5) is 0 Å². The molecule has 3 rings (SSSR count). The summed E-state index contributed by atoms with van der Waals surface area (Å²) in [5.41, 5.74) is 1.97. The summed E-state index contributed by atoms with van der Waals surface area (Å²) in [6.45, 7) is 2.31. The standard InChI is InChI=1S/C13H12BrClN4O/c1-8-16-12(18-20-8)7-19-11-3-2-9(14)6-10(11)17-13(19)4-5-15/h2-3,6H,4-5,7H2,1H3. The molecule has 2 aromatic heterocycles. The van der Waals surface area contributed by atoms with E-state index in [4.69, 9.17) is 16.1 Å². The van der Waals surface area contributed by atoms with Gasteiger partial charge in [-0.2, -0.15) is 4.98 Å². The monoisotopic (exact) mass is 354 g/mol. The highest BCUT2D eigenvalue weighted by Gasteiger charge is 2.13. The summed E-state index contributed by atoms with van der Waals surface area (Å²) in [6, 6.07) is 6.01. The van der Waals surface area contributed by atoms with Crippen molar-refractivity contribution < 1.29 is 4.52 Å². The van der Waals surface area contributed by atoms with E-state index in [1.54, 1.807) is 6.92 Å². The zero-order valence-electron chi connectivity index (χ0n) is 10.8. The Balaban J connectivity index is 2.08. The van der Waals surface area contributed by atoms with E-state index in [1.165, 1.54) is 0 Å². The maximum atomic E-state index is 5.86. The molecule has 0 atom stereocenters. The number of benzene rings is 1. The predicted molar refractivity (Wildman–Crippen MR) is 80.0 cm³/mol. The lowest BCUT2D eigenvalue weighted by molar-refractivity contribution is 0.386. The van der Waals surface area contributed by atoms with E-state index in [0.29, 0.717) is 30.6 Å². The van der Waals surface area contributed by atoms with Gasteiger partial charge < -0.3 is 9.09 Å². The van der Waals surface area contributed by atoms with Crippen molar-refractivity contribution in [2.24, 2.45) is 0 Å². The van der Waals surface area contributed by atoms with E-state index in [-0.39, 0.29) is 0 Å². The molecule has 3 aromatic rings. The van der Waals surface area contributed by atoms with Gasteiger partial charge in [-0.15, -0.1) is 11.6 Å². The minimum absolute atomic E-state index is 0.524. The minimum atomic E-state index is 0.524. The summed E-state index contributed by atoms with van der Waals surface area (Å²) in [7, 11) is 0. The van der Waals surface area contributed by atoms with Crippen LogP contribution in [0.3, 0.4) is 0 Å². The van der Waals surface area contributed by atoms with Crippen molar-refractivity contribution in [1.29, 1.82) is 0 Å². The lowest BCUT2D eigenvalue weighted by Crippen LogP contribution is -2.07. The Kier molecular flexibility index (Phi) is 3.76. The lowest BCUT2D eigenvalue weighted by atomic mass is 10.3. The summed E-state index contributed by atoms with van der Waals surface area (Å²) in [5, 5.41) is 3.94.